The van der Waals surface area contributed by atoms with E-state index in [0.29, 0.717) is 5.56 Å². The minimum Gasteiger partial charge on any atom is -0.480 e. The number of terminal acetylenes is 1. The van der Waals surface area contributed by atoms with Gasteiger partial charge in [-0.3, -0.25) is 5.32 Å². The molecule has 2 N–H and O–H groups in total. The predicted octanol–water partition coefficient (Wildman–Crippen LogP) is 2.51. The molecule has 3 nitrogen and oxygen atoms in total. The summed E-state index contributed by atoms with van der Waals surface area (Å²) in [5.74, 6) is 1.47. The van der Waals surface area contributed by atoms with Crippen LogP contribution in [0.1, 0.15) is 38.8 Å². The first-order chi connectivity index (χ1) is 8.71. The highest BCUT2D eigenvalue weighted by Crippen LogP contribution is 2.26. The lowest BCUT2D eigenvalue weighted by Crippen LogP contribution is -2.46. The first-order valence-corrected chi connectivity index (χ1v) is 6.24. The van der Waals surface area contributed by atoms with Gasteiger partial charge in [0.1, 0.15) is 5.54 Å². The van der Waals surface area contributed by atoms with Crippen LogP contribution in [-0.4, -0.2) is 17.6 Å². The maximum atomic E-state index is 11.5. The second-order valence-corrected chi connectivity index (χ2v) is 5.82. The molecular weight excluding hydrogens is 238 g/mol. The quantitative estimate of drug-likeness (QED) is 0.817. The van der Waals surface area contributed by atoms with Gasteiger partial charge in [0.15, 0.2) is 0 Å². The van der Waals surface area contributed by atoms with Crippen LogP contribution in [0.5, 0.6) is 0 Å². The molecule has 0 radical (unpaired) electrons. The van der Waals surface area contributed by atoms with E-state index < -0.39 is 11.5 Å². The molecule has 0 spiro atoms. The van der Waals surface area contributed by atoms with Crippen LogP contribution in [0, 0.1) is 12.3 Å². The number of nitrogens with one attached hydrogen (secondary N) is 1. The Labute approximate surface area is 115 Å². The average molecular weight is 259 g/mol. The highest BCUT2D eigenvalue weighted by molar-refractivity contribution is 5.80. The lowest BCUT2D eigenvalue weighted by molar-refractivity contribution is -0.144. The molecule has 0 aliphatic carbocycles. The molecule has 0 aromatic heterocycles. The smallest absolute Gasteiger partial charge is 0.328 e. The maximum absolute atomic E-state index is 11.5. The highest BCUT2D eigenvalue weighted by Gasteiger charge is 2.34. The Morgan fingerprint density at radius 2 is 1.68 bits per heavy atom. The molecule has 1 atom stereocenters. The minimum atomic E-state index is -1.16. The predicted molar refractivity (Wildman–Crippen MR) is 77.0 cm³/mol. The van der Waals surface area contributed by atoms with Crippen LogP contribution >= 0.6 is 0 Å². The van der Waals surface area contributed by atoms with Gasteiger partial charge in [-0.05, 0) is 23.5 Å². The summed E-state index contributed by atoms with van der Waals surface area (Å²) < 4.78 is 0. The molecule has 0 saturated carbocycles. The van der Waals surface area contributed by atoms with E-state index in [2.05, 4.69) is 32.0 Å². The average Bonchev–Trinajstić information content (AvgIpc) is 2.34. The van der Waals surface area contributed by atoms with Gasteiger partial charge in [-0.1, -0.05) is 51.0 Å². The van der Waals surface area contributed by atoms with Crippen molar-refractivity contribution >= 4 is 5.97 Å². The Hall–Kier alpha value is -1.79. The van der Waals surface area contributed by atoms with E-state index in [9.17, 15) is 9.90 Å². The van der Waals surface area contributed by atoms with Gasteiger partial charge in [0.25, 0.3) is 0 Å². The van der Waals surface area contributed by atoms with E-state index in [0.717, 1.165) is 0 Å². The molecule has 0 heterocycles. The molecule has 0 fully saturated rings. The summed E-state index contributed by atoms with van der Waals surface area (Å²) in [6.07, 6.45) is 5.19. The normalized spacial score (nSPS) is 14.5. The zero-order valence-corrected chi connectivity index (χ0v) is 11.9. The summed E-state index contributed by atoms with van der Waals surface area (Å²) in [5.41, 5.74) is 0.747. The van der Waals surface area contributed by atoms with Crippen molar-refractivity contribution in [3.05, 3.63) is 35.4 Å². The lowest BCUT2D eigenvalue weighted by atomic mass is 9.84. The summed E-state index contributed by atoms with van der Waals surface area (Å²) in [6, 6.07) is 7.62. The number of carboxylic acid groups (broad SMARTS) is 1. The molecule has 1 aromatic carbocycles. The summed E-state index contributed by atoms with van der Waals surface area (Å²) >= 11 is 0. The minimum absolute atomic E-state index is 0.0460. The van der Waals surface area contributed by atoms with Gasteiger partial charge in [0.2, 0.25) is 0 Å². The number of hydrogen-bond donors (Lipinski definition) is 2. The highest BCUT2D eigenvalue weighted by atomic mass is 16.4. The molecule has 0 saturated heterocycles. The van der Waals surface area contributed by atoms with Gasteiger partial charge in [0.05, 0.1) is 6.54 Å². The second kappa shape index (κ2) is 5.46. The first-order valence-electron chi connectivity index (χ1n) is 6.24. The van der Waals surface area contributed by atoms with Gasteiger partial charge in [-0.25, -0.2) is 4.79 Å². The Bertz CT molecular complexity index is 491. The van der Waals surface area contributed by atoms with E-state index >= 15 is 0 Å². The summed E-state index contributed by atoms with van der Waals surface area (Å²) in [7, 11) is 0. The fraction of sp³-hybridized carbons (Fsp3) is 0.438. The molecule has 102 valence electrons. The summed E-state index contributed by atoms with van der Waals surface area (Å²) in [6.45, 7) is 8.20. The molecule has 3 heteroatoms. The van der Waals surface area contributed by atoms with Crippen LogP contribution in [0.3, 0.4) is 0 Å². The topological polar surface area (TPSA) is 49.3 Å². The number of carbonyl (C=O) groups is 1. The van der Waals surface area contributed by atoms with Crippen molar-refractivity contribution in [2.75, 3.05) is 6.54 Å². The summed E-state index contributed by atoms with van der Waals surface area (Å²) in [5, 5.41) is 12.3. The molecule has 1 aromatic rings. The van der Waals surface area contributed by atoms with Crippen molar-refractivity contribution in [2.24, 2.45) is 0 Å². The first kappa shape index (κ1) is 15.3. The van der Waals surface area contributed by atoms with Gasteiger partial charge in [-0.15, -0.1) is 6.42 Å². The van der Waals surface area contributed by atoms with Crippen molar-refractivity contribution in [1.82, 2.24) is 5.32 Å². The zero-order chi connectivity index (χ0) is 14.7. The number of hydrogen-bond acceptors (Lipinski definition) is 2. The van der Waals surface area contributed by atoms with Crippen LogP contribution in [0.2, 0.25) is 0 Å². The van der Waals surface area contributed by atoms with Gasteiger partial charge in [-0.2, -0.15) is 0 Å². The van der Waals surface area contributed by atoms with Crippen LogP contribution in [0.15, 0.2) is 24.3 Å². The maximum Gasteiger partial charge on any atom is 0.328 e. The van der Waals surface area contributed by atoms with Crippen molar-refractivity contribution in [1.29, 1.82) is 0 Å². The van der Waals surface area contributed by atoms with E-state index in [1.165, 1.54) is 5.56 Å². The molecule has 0 aliphatic rings. The van der Waals surface area contributed by atoms with E-state index in [1.54, 1.807) is 6.92 Å². The largest absolute Gasteiger partial charge is 0.480 e. The number of aliphatic carboxylic acids is 1. The Morgan fingerprint density at radius 3 is 2.05 bits per heavy atom. The lowest BCUT2D eigenvalue weighted by Gasteiger charge is -2.27. The number of rotatable bonds is 4. The molecule has 1 unspecified atom stereocenters. The molecule has 0 amide bonds. The van der Waals surface area contributed by atoms with Gasteiger partial charge in [0, 0.05) is 0 Å². The molecular formula is C16H21NO2. The summed E-state index contributed by atoms with van der Waals surface area (Å²) in [4.78, 5) is 11.5. The standard InChI is InChI=1S/C16H21NO2/c1-6-11-17-16(5,14(18)19)13-9-7-12(8-10-13)15(2,3)4/h1,7-10,17H,11H2,2-5H3,(H,18,19). The fourth-order valence-electron chi connectivity index (χ4n) is 1.83. The van der Waals surface area contributed by atoms with Gasteiger partial charge >= 0.3 is 5.97 Å². The molecule has 1 rings (SSSR count). The van der Waals surface area contributed by atoms with Crippen LogP contribution in [0.4, 0.5) is 0 Å². The third-order valence-corrected chi connectivity index (χ3v) is 3.30. The second-order valence-electron chi connectivity index (χ2n) is 5.82. The van der Waals surface area contributed by atoms with Crippen LogP contribution in [0.25, 0.3) is 0 Å². The monoisotopic (exact) mass is 259 g/mol. The molecule has 0 bridgehead atoms. The Balaban J connectivity index is 3.12. The zero-order valence-electron chi connectivity index (χ0n) is 11.9. The van der Waals surface area contributed by atoms with Crippen molar-refractivity contribution in [2.45, 2.75) is 38.6 Å². The van der Waals surface area contributed by atoms with Crippen LogP contribution < -0.4 is 5.32 Å². The van der Waals surface area contributed by atoms with Crippen LogP contribution in [-0.2, 0) is 15.7 Å². The third-order valence-electron chi connectivity index (χ3n) is 3.30. The number of carboxylic acids is 1. The Kier molecular flexibility index (Phi) is 4.39. The SMILES string of the molecule is C#CCNC(C)(C(=O)O)c1ccc(C(C)(C)C)cc1. The third kappa shape index (κ3) is 3.36. The fourth-order valence-corrected chi connectivity index (χ4v) is 1.83. The van der Waals surface area contributed by atoms with Crippen molar-refractivity contribution < 1.29 is 9.90 Å². The van der Waals surface area contributed by atoms with E-state index in [1.807, 2.05) is 24.3 Å². The number of benzene rings is 1. The molecule has 0 aliphatic heterocycles. The van der Waals surface area contributed by atoms with E-state index in [-0.39, 0.29) is 12.0 Å². The van der Waals surface area contributed by atoms with Gasteiger partial charge < -0.3 is 5.11 Å². The van der Waals surface area contributed by atoms with Crippen molar-refractivity contribution in [3.63, 3.8) is 0 Å². The Morgan fingerprint density at radius 1 is 1.21 bits per heavy atom. The molecule has 19 heavy (non-hydrogen) atoms. The van der Waals surface area contributed by atoms with E-state index in [4.69, 9.17) is 6.42 Å². The van der Waals surface area contributed by atoms with Crippen molar-refractivity contribution in [3.8, 4) is 12.3 Å².